The van der Waals surface area contributed by atoms with Crippen molar-refractivity contribution in [2.24, 2.45) is 11.7 Å². The van der Waals surface area contributed by atoms with Crippen LogP contribution in [0.4, 0.5) is 0 Å². The van der Waals surface area contributed by atoms with Gasteiger partial charge in [0, 0.05) is 14.1 Å². The van der Waals surface area contributed by atoms with E-state index >= 15 is 0 Å². The molecule has 0 radical (unpaired) electrons. The van der Waals surface area contributed by atoms with Crippen LogP contribution in [0, 0.1) is 5.92 Å². The molecular formula is C16H27N3O3S. The summed E-state index contributed by atoms with van der Waals surface area (Å²) in [6.07, 6.45) is 0.833. The van der Waals surface area contributed by atoms with Gasteiger partial charge in [-0.25, -0.2) is 12.7 Å². The largest absolute Gasteiger partial charge is 0.348 e. The van der Waals surface area contributed by atoms with Crippen molar-refractivity contribution in [1.29, 1.82) is 0 Å². The SMILES string of the molecule is CCC(C)C(N)C(=O)NC(C)c1ccc(S(=O)(=O)N(C)C)cc1. The standard InChI is InChI=1S/C16H27N3O3S/c1-6-11(2)15(17)16(20)18-12(3)13-7-9-14(10-8-13)23(21,22)19(4)5/h7-12,15H,6,17H2,1-5H3,(H,18,20). The molecule has 0 fully saturated rings. The molecule has 6 nitrogen and oxygen atoms in total. The second-order valence-corrected chi connectivity index (χ2v) is 8.15. The molecule has 0 aliphatic carbocycles. The van der Waals surface area contributed by atoms with Crippen LogP contribution in [0.1, 0.15) is 38.8 Å². The lowest BCUT2D eigenvalue weighted by molar-refractivity contribution is -0.124. The van der Waals surface area contributed by atoms with Crippen LogP contribution in [0.3, 0.4) is 0 Å². The number of rotatable bonds is 7. The van der Waals surface area contributed by atoms with Crippen molar-refractivity contribution in [2.75, 3.05) is 14.1 Å². The number of nitrogens with one attached hydrogen (secondary N) is 1. The number of carbonyl (C=O) groups is 1. The Balaban J connectivity index is 2.83. The van der Waals surface area contributed by atoms with Gasteiger partial charge >= 0.3 is 0 Å². The van der Waals surface area contributed by atoms with E-state index in [-0.39, 0.29) is 22.8 Å². The van der Waals surface area contributed by atoms with E-state index in [9.17, 15) is 13.2 Å². The van der Waals surface area contributed by atoms with Gasteiger partial charge in [-0.1, -0.05) is 32.4 Å². The fourth-order valence-electron chi connectivity index (χ4n) is 2.04. The molecule has 3 atom stereocenters. The first kappa shape index (κ1) is 19.6. The molecule has 130 valence electrons. The summed E-state index contributed by atoms with van der Waals surface area (Å²) in [4.78, 5) is 12.3. The third kappa shape index (κ3) is 4.76. The summed E-state index contributed by atoms with van der Waals surface area (Å²) in [5, 5.41) is 2.87. The van der Waals surface area contributed by atoms with E-state index in [0.29, 0.717) is 0 Å². The van der Waals surface area contributed by atoms with Gasteiger partial charge in [0.1, 0.15) is 0 Å². The number of sulfonamides is 1. The summed E-state index contributed by atoms with van der Waals surface area (Å²) in [5.74, 6) is -0.0911. The van der Waals surface area contributed by atoms with Crippen LogP contribution in [0.15, 0.2) is 29.2 Å². The highest BCUT2D eigenvalue weighted by Gasteiger charge is 2.22. The van der Waals surface area contributed by atoms with Gasteiger partial charge in [-0.2, -0.15) is 0 Å². The maximum absolute atomic E-state index is 12.1. The van der Waals surface area contributed by atoms with Crippen molar-refractivity contribution in [3.63, 3.8) is 0 Å². The van der Waals surface area contributed by atoms with Crippen molar-refractivity contribution in [1.82, 2.24) is 9.62 Å². The molecule has 0 spiro atoms. The molecule has 0 saturated carbocycles. The molecule has 0 aliphatic heterocycles. The van der Waals surface area contributed by atoms with Gasteiger partial charge < -0.3 is 11.1 Å². The number of carbonyl (C=O) groups excluding carboxylic acids is 1. The minimum atomic E-state index is -3.44. The highest BCUT2D eigenvalue weighted by atomic mass is 32.2. The van der Waals surface area contributed by atoms with Gasteiger partial charge in [0.05, 0.1) is 17.0 Å². The zero-order valence-electron chi connectivity index (χ0n) is 14.4. The molecule has 0 bridgehead atoms. The van der Waals surface area contributed by atoms with Crippen LogP contribution in [0.2, 0.25) is 0 Å². The number of nitrogens with zero attached hydrogens (tertiary/aromatic N) is 1. The number of hydrogen-bond acceptors (Lipinski definition) is 4. The van der Waals surface area contributed by atoms with Crippen LogP contribution in [0.5, 0.6) is 0 Å². The highest BCUT2D eigenvalue weighted by molar-refractivity contribution is 7.89. The normalized spacial score (nSPS) is 16.0. The molecule has 1 aromatic carbocycles. The van der Waals surface area contributed by atoms with E-state index in [2.05, 4.69) is 5.32 Å². The Morgan fingerprint density at radius 3 is 2.17 bits per heavy atom. The molecule has 0 aliphatic rings. The van der Waals surface area contributed by atoms with E-state index in [1.165, 1.54) is 18.4 Å². The quantitative estimate of drug-likeness (QED) is 0.786. The molecule has 1 rings (SSSR count). The fourth-order valence-corrected chi connectivity index (χ4v) is 2.95. The second kappa shape index (κ2) is 7.90. The number of amides is 1. The monoisotopic (exact) mass is 341 g/mol. The van der Waals surface area contributed by atoms with Crippen molar-refractivity contribution in [3.8, 4) is 0 Å². The maximum Gasteiger partial charge on any atom is 0.242 e. The molecule has 1 amide bonds. The third-order valence-corrected chi connectivity index (χ3v) is 5.91. The topological polar surface area (TPSA) is 92.5 Å². The summed E-state index contributed by atoms with van der Waals surface area (Å²) in [5.41, 5.74) is 6.74. The summed E-state index contributed by atoms with van der Waals surface area (Å²) in [7, 11) is -0.468. The lowest BCUT2D eigenvalue weighted by Crippen LogP contribution is -2.45. The Morgan fingerprint density at radius 1 is 1.22 bits per heavy atom. The average Bonchev–Trinajstić information content (AvgIpc) is 2.53. The summed E-state index contributed by atoms with van der Waals surface area (Å²) >= 11 is 0. The molecule has 1 aromatic rings. The van der Waals surface area contributed by atoms with Gasteiger partial charge in [-0.05, 0) is 30.5 Å². The molecule has 23 heavy (non-hydrogen) atoms. The smallest absolute Gasteiger partial charge is 0.242 e. The predicted molar refractivity (Wildman–Crippen MR) is 91.3 cm³/mol. The van der Waals surface area contributed by atoms with Crippen LogP contribution < -0.4 is 11.1 Å². The predicted octanol–water partition coefficient (Wildman–Crippen LogP) is 1.49. The Morgan fingerprint density at radius 2 is 1.74 bits per heavy atom. The van der Waals surface area contributed by atoms with Crippen molar-refractivity contribution >= 4 is 15.9 Å². The van der Waals surface area contributed by atoms with Gasteiger partial charge in [0.25, 0.3) is 0 Å². The van der Waals surface area contributed by atoms with E-state index in [4.69, 9.17) is 5.73 Å². The lowest BCUT2D eigenvalue weighted by atomic mass is 9.98. The first-order chi connectivity index (χ1) is 10.6. The number of benzene rings is 1. The number of hydrogen-bond donors (Lipinski definition) is 2. The lowest BCUT2D eigenvalue weighted by Gasteiger charge is -2.21. The van der Waals surface area contributed by atoms with Gasteiger partial charge in [0.15, 0.2) is 0 Å². The van der Waals surface area contributed by atoms with Crippen molar-refractivity contribution in [3.05, 3.63) is 29.8 Å². The van der Waals surface area contributed by atoms with Gasteiger partial charge in [0.2, 0.25) is 15.9 Å². The summed E-state index contributed by atoms with van der Waals surface area (Å²) in [6, 6.07) is 5.71. The Bertz CT molecular complexity index is 626. The molecule has 3 unspecified atom stereocenters. The molecule has 0 heterocycles. The Hall–Kier alpha value is -1.44. The fraction of sp³-hybridized carbons (Fsp3) is 0.562. The minimum Gasteiger partial charge on any atom is -0.348 e. The molecule has 7 heteroatoms. The first-order valence-corrected chi connectivity index (χ1v) is 9.13. The Kier molecular flexibility index (Phi) is 6.73. The van der Waals surface area contributed by atoms with E-state index in [1.807, 2.05) is 20.8 Å². The van der Waals surface area contributed by atoms with E-state index in [1.54, 1.807) is 24.3 Å². The van der Waals surface area contributed by atoms with Crippen LogP contribution in [-0.4, -0.2) is 38.8 Å². The number of nitrogens with two attached hydrogens (primary N) is 1. The molecule has 0 aromatic heterocycles. The Labute approximate surface area is 139 Å². The highest BCUT2D eigenvalue weighted by Crippen LogP contribution is 2.18. The van der Waals surface area contributed by atoms with Gasteiger partial charge in [-0.15, -0.1) is 0 Å². The third-order valence-electron chi connectivity index (χ3n) is 4.08. The second-order valence-electron chi connectivity index (χ2n) is 6.00. The minimum absolute atomic E-state index is 0.106. The van der Waals surface area contributed by atoms with Crippen LogP contribution in [0.25, 0.3) is 0 Å². The van der Waals surface area contributed by atoms with Crippen molar-refractivity contribution in [2.45, 2.75) is 44.2 Å². The zero-order chi connectivity index (χ0) is 17.8. The maximum atomic E-state index is 12.1. The molecule has 3 N–H and O–H groups in total. The van der Waals surface area contributed by atoms with Crippen LogP contribution >= 0.6 is 0 Å². The van der Waals surface area contributed by atoms with E-state index in [0.717, 1.165) is 12.0 Å². The molecule has 0 saturated heterocycles. The zero-order valence-corrected chi connectivity index (χ0v) is 15.2. The summed E-state index contributed by atoms with van der Waals surface area (Å²) < 4.78 is 25.2. The first-order valence-electron chi connectivity index (χ1n) is 7.69. The van der Waals surface area contributed by atoms with Crippen molar-refractivity contribution < 1.29 is 13.2 Å². The average molecular weight is 341 g/mol. The van der Waals surface area contributed by atoms with Crippen LogP contribution in [-0.2, 0) is 14.8 Å². The van der Waals surface area contributed by atoms with E-state index < -0.39 is 16.1 Å². The summed E-state index contributed by atoms with van der Waals surface area (Å²) in [6.45, 7) is 5.78. The molecular weight excluding hydrogens is 314 g/mol. The van der Waals surface area contributed by atoms with Gasteiger partial charge in [-0.3, -0.25) is 4.79 Å².